The summed E-state index contributed by atoms with van der Waals surface area (Å²) >= 11 is 0. The van der Waals surface area contributed by atoms with E-state index in [9.17, 15) is 34.8 Å². The Hall–Kier alpha value is -4.59. The Morgan fingerprint density at radius 1 is 1.05 bits per heavy atom. The topological polar surface area (TPSA) is 187 Å². The number of carbonyl (C=O) groups is 3. The number of hydrogen-bond donors (Lipinski definition) is 6. The van der Waals surface area contributed by atoms with Crippen molar-refractivity contribution < 1.29 is 34.8 Å². The van der Waals surface area contributed by atoms with Gasteiger partial charge < -0.3 is 31.9 Å². The zero-order valence-electron chi connectivity index (χ0n) is 21.2. The number of nitrogen functional groups attached to an aromatic ring is 1. The lowest BCUT2D eigenvalue weighted by Gasteiger charge is -2.50. The molecule has 3 aliphatic rings. The van der Waals surface area contributed by atoms with Crippen LogP contribution in [-0.4, -0.2) is 68.5 Å². The number of carbonyl (C=O) groups excluding carboxylic acids is 3. The van der Waals surface area contributed by atoms with Crippen molar-refractivity contribution in [1.29, 1.82) is 0 Å². The van der Waals surface area contributed by atoms with Crippen LogP contribution < -0.4 is 11.5 Å². The first-order chi connectivity index (χ1) is 18.4. The Labute approximate surface area is 223 Å². The van der Waals surface area contributed by atoms with Gasteiger partial charge in [0.05, 0.1) is 11.6 Å². The molecule has 8 N–H and O–H groups in total. The second-order valence-electron chi connectivity index (χ2n) is 10.3. The second-order valence-corrected chi connectivity index (χ2v) is 10.3. The Balaban J connectivity index is 1.66. The van der Waals surface area contributed by atoms with Crippen molar-refractivity contribution in [1.82, 2.24) is 4.90 Å². The quantitative estimate of drug-likeness (QED) is 0.188. The normalized spacial score (nSPS) is 26.0. The van der Waals surface area contributed by atoms with Gasteiger partial charge in [0, 0.05) is 28.3 Å². The summed E-state index contributed by atoms with van der Waals surface area (Å²) < 4.78 is 0. The lowest BCUT2D eigenvalue weighted by molar-refractivity contribution is -0.148. The summed E-state index contributed by atoms with van der Waals surface area (Å²) in [7, 11) is 3.16. The van der Waals surface area contributed by atoms with Crippen LogP contribution in [0.4, 0.5) is 5.69 Å². The number of amides is 1. The van der Waals surface area contributed by atoms with Crippen LogP contribution in [0.15, 0.2) is 59.1 Å². The molecule has 10 nitrogen and oxygen atoms in total. The van der Waals surface area contributed by atoms with Crippen LogP contribution in [0.1, 0.15) is 33.5 Å². The molecule has 0 spiro atoms. The number of likely N-dealkylation sites (N-methyl/N-ethyl adjacent to an activating group) is 1. The number of ketones is 2. The third-order valence-corrected chi connectivity index (χ3v) is 7.86. The summed E-state index contributed by atoms with van der Waals surface area (Å²) in [6.45, 7) is 0. The maximum Gasteiger partial charge on any atom is 0.255 e. The molecule has 0 bridgehead atoms. The third kappa shape index (κ3) is 3.78. The molecule has 39 heavy (non-hydrogen) atoms. The van der Waals surface area contributed by atoms with E-state index in [-0.39, 0.29) is 29.7 Å². The van der Waals surface area contributed by atoms with Gasteiger partial charge >= 0.3 is 0 Å². The third-order valence-electron chi connectivity index (χ3n) is 7.86. The number of primary amides is 1. The van der Waals surface area contributed by atoms with Gasteiger partial charge in [-0.05, 0) is 74.8 Å². The van der Waals surface area contributed by atoms with Gasteiger partial charge in [-0.15, -0.1) is 0 Å². The molecule has 4 atom stereocenters. The standard InChI is InChI=1S/C29H27N3O7/c1-32(2)23-18-12-15-11-17-14(6-3-13-4-8-16(30)9-5-13)7-10-19(33)21(17)24(34)20(15)26(36)29(18,39)27(37)22(25(23)35)28(31)38/h4-5,7-10,15,18,23,33,35-36,39H,11-12,30H2,1-2H3,(H2,31,38)/t15-,18-,23-,29+/m1/s1. The van der Waals surface area contributed by atoms with Crippen molar-refractivity contribution in [2.45, 2.75) is 24.5 Å². The molecule has 0 heterocycles. The minimum Gasteiger partial charge on any atom is -0.510 e. The summed E-state index contributed by atoms with van der Waals surface area (Å²) in [6.07, 6.45) is 0.168. The minimum atomic E-state index is -2.67. The Morgan fingerprint density at radius 2 is 1.72 bits per heavy atom. The van der Waals surface area contributed by atoms with Gasteiger partial charge in [-0.1, -0.05) is 11.8 Å². The number of aliphatic hydroxyl groups excluding tert-OH is 2. The maximum absolute atomic E-state index is 13.7. The Kier molecular flexibility index (Phi) is 6.01. The first-order valence-electron chi connectivity index (χ1n) is 12.2. The van der Waals surface area contributed by atoms with Crippen molar-refractivity contribution in [3.05, 3.63) is 81.3 Å². The molecule has 200 valence electrons. The number of aliphatic hydroxyl groups is 3. The van der Waals surface area contributed by atoms with Gasteiger partial charge in [-0.25, -0.2) is 0 Å². The highest BCUT2D eigenvalue weighted by molar-refractivity contribution is 6.24. The summed E-state index contributed by atoms with van der Waals surface area (Å²) in [6, 6.07) is 8.80. The van der Waals surface area contributed by atoms with Crippen LogP contribution >= 0.6 is 0 Å². The molecule has 3 aliphatic carbocycles. The van der Waals surface area contributed by atoms with Crippen molar-refractivity contribution in [2.24, 2.45) is 17.6 Å². The predicted molar refractivity (Wildman–Crippen MR) is 141 cm³/mol. The number of nitrogens with two attached hydrogens (primary N) is 2. The van der Waals surface area contributed by atoms with Crippen LogP contribution in [0.25, 0.3) is 0 Å². The van der Waals surface area contributed by atoms with Crippen LogP contribution in [0.2, 0.25) is 0 Å². The fourth-order valence-corrected chi connectivity index (χ4v) is 6.07. The van der Waals surface area contributed by atoms with Gasteiger partial charge in [0.15, 0.2) is 11.4 Å². The van der Waals surface area contributed by atoms with Crippen LogP contribution in [0.5, 0.6) is 5.75 Å². The van der Waals surface area contributed by atoms with Gasteiger partial charge in [0.25, 0.3) is 5.91 Å². The highest BCUT2D eigenvalue weighted by atomic mass is 16.3. The second kappa shape index (κ2) is 9.01. The number of allylic oxidation sites excluding steroid dienone is 1. The van der Waals surface area contributed by atoms with Crippen molar-refractivity contribution in [2.75, 3.05) is 19.8 Å². The van der Waals surface area contributed by atoms with Crippen molar-refractivity contribution >= 4 is 23.2 Å². The first-order valence-corrected chi connectivity index (χ1v) is 12.2. The fraction of sp³-hybridized carbons (Fsp3) is 0.276. The van der Waals surface area contributed by atoms with E-state index in [2.05, 4.69) is 11.8 Å². The van der Waals surface area contributed by atoms with E-state index in [0.717, 1.165) is 0 Å². The molecule has 1 amide bonds. The van der Waals surface area contributed by atoms with Gasteiger partial charge in [-0.3, -0.25) is 19.3 Å². The van der Waals surface area contributed by atoms with E-state index in [0.29, 0.717) is 22.4 Å². The monoisotopic (exact) mass is 529 g/mol. The van der Waals surface area contributed by atoms with Crippen LogP contribution in [0.3, 0.4) is 0 Å². The smallest absolute Gasteiger partial charge is 0.255 e. The largest absolute Gasteiger partial charge is 0.510 e. The molecule has 0 fully saturated rings. The SMILES string of the molecule is CN(C)[C@H]1C(O)=C(C(N)=O)C(=O)[C@@]2(O)C(O)=C3C(=O)c4c(O)ccc(C#Cc5ccc(N)cc5)c4C[C@@H]3C[C@H]12. The number of nitrogens with zero attached hydrogens (tertiary/aromatic N) is 1. The van der Waals surface area contributed by atoms with Crippen LogP contribution in [0, 0.1) is 23.7 Å². The number of aromatic hydroxyl groups is 1. The van der Waals surface area contributed by atoms with E-state index in [4.69, 9.17) is 11.5 Å². The summed E-state index contributed by atoms with van der Waals surface area (Å²) in [5.41, 5.74) is 9.51. The molecule has 0 aliphatic heterocycles. The average molecular weight is 530 g/mol. The van der Waals surface area contributed by atoms with E-state index < -0.39 is 58.0 Å². The number of benzene rings is 2. The van der Waals surface area contributed by atoms with E-state index in [1.807, 2.05) is 0 Å². The molecular weight excluding hydrogens is 502 g/mol. The number of fused-ring (bicyclic) bond motifs is 3. The molecule has 5 rings (SSSR count). The zero-order valence-corrected chi connectivity index (χ0v) is 21.2. The Morgan fingerprint density at radius 3 is 2.33 bits per heavy atom. The average Bonchev–Trinajstić information content (AvgIpc) is 2.86. The highest BCUT2D eigenvalue weighted by Gasteiger charge is 2.63. The molecule has 0 unspecified atom stereocenters. The number of anilines is 1. The summed E-state index contributed by atoms with van der Waals surface area (Å²) in [4.78, 5) is 40.7. The van der Waals surface area contributed by atoms with Gasteiger partial charge in [0.1, 0.15) is 22.8 Å². The molecule has 0 saturated carbocycles. The summed E-state index contributed by atoms with van der Waals surface area (Å²) in [5, 5.41) is 44.5. The molecule has 0 radical (unpaired) electrons. The zero-order chi connectivity index (χ0) is 28.4. The lowest BCUT2D eigenvalue weighted by Crippen LogP contribution is -2.63. The lowest BCUT2D eigenvalue weighted by atomic mass is 9.58. The molecule has 0 saturated heterocycles. The fourth-order valence-electron chi connectivity index (χ4n) is 6.07. The number of rotatable bonds is 2. The molecule has 10 heteroatoms. The maximum atomic E-state index is 13.7. The molecule has 2 aromatic rings. The number of hydrogen-bond acceptors (Lipinski definition) is 9. The van der Waals surface area contributed by atoms with E-state index >= 15 is 0 Å². The number of Topliss-reactive ketones (excluding diaryl/α,β-unsaturated/α-hetero) is 2. The van der Waals surface area contributed by atoms with Gasteiger partial charge in [-0.2, -0.15) is 0 Å². The minimum absolute atomic E-state index is 0.00620. The number of phenols is 1. The molecule has 2 aromatic carbocycles. The summed E-state index contributed by atoms with van der Waals surface area (Å²) in [5.74, 6) is -0.847. The van der Waals surface area contributed by atoms with Crippen molar-refractivity contribution in [3.63, 3.8) is 0 Å². The molecule has 0 aromatic heterocycles. The number of phenolic OH excluding ortho intramolecular Hbond substituents is 1. The highest BCUT2D eigenvalue weighted by Crippen LogP contribution is 2.52. The predicted octanol–water partition coefficient (Wildman–Crippen LogP) is 1.10. The van der Waals surface area contributed by atoms with Gasteiger partial charge in [0.2, 0.25) is 5.78 Å². The van der Waals surface area contributed by atoms with E-state index in [1.165, 1.54) is 11.0 Å². The Bertz CT molecular complexity index is 1580. The first kappa shape index (κ1) is 26.0. The van der Waals surface area contributed by atoms with Crippen LogP contribution in [-0.2, 0) is 16.0 Å². The van der Waals surface area contributed by atoms with Crippen molar-refractivity contribution in [3.8, 4) is 17.6 Å². The van der Waals surface area contributed by atoms with E-state index in [1.54, 1.807) is 44.4 Å². The molecular formula is C29H27N3O7.